The highest BCUT2D eigenvalue weighted by Crippen LogP contribution is 2.22. The minimum Gasteiger partial charge on any atom is -0.475 e. The molecule has 0 spiro atoms. The molecule has 1 aliphatic rings. The summed E-state index contributed by atoms with van der Waals surface area (Å²) >= 11 is 6.05. The molecule has 0 aliphatic carbocycles. The first-order chi connectivity index (χ1) is 13.2. The Kier molecular flexibility index (Phi) is 6.89. The van der Waals surface area contributed by atoms with Crippen molar-refractivity contribution in [2.24, 2.45) is 12.0 Å². The molecule has 2 aromatic rings. The number of guanidine groups is 1. The van der Waals surface area contributed by atoms with Gasteiger partial charge in [-0.15, -0.1) is 0 Å². The Morgan fingerprint density at radius 1 is 1.52 bits per heavy atom. The number of aromatic nitrogens is 3. The van der Waals surface area contributed by atoms with Gasteiger partial charge in [-0.05, 0) is 19.1 Å². The van der Waals surface area contributed by atoms with Crippen LogP contribution in [0.2, 0.25) is 5.02 Å². The predicted octanol–water partition coefficient (Wildman–Crippen LogP) is 1.89. The average Bonchev–Trinajstić information content (AvgIpc) is 3.12. The van der Waals surface area contributed by atoms with Gasteiger partial charge in [-0.2, -0.15) is 5.10 Å². The zero-order chi connectivity index (χ0) is 19.1. The summed E-state index contributed by atoms with van der Waals surface area (Å²) in [4.78, 5) is 11.0. The van der Waals surface area contributed by atoms with E-state index < -0.39 is 0 Å². The summed E-state index contributed by atoms with van der Waals surface area (Å²) in [5.41, 5.74) is 1.08. The number of nitrogens with one attached hydrogen (secondary N) is 1. The van der Waals surface area contributed by atoms with Crippen LogP contribution in [0.3, 0.4) is 0 Å². The molecule has 0 radical (unpaired) electrons. The molecular weight excluding hydrogens is 368 g/mol. The summed E-state index contributed by atoms with van der Waals surface area (Å²) in [5.74, 6) is 1.28. The minimum atomic E-state index is -0.0140. The first kappa shape index (κ1) is 19.4. The highest BCUT2D eigenvalue weighted by molar-refractivity contribution is 6.31. The van der Waals surface area contributed by atoms with Crippen LogP contribution in [0, 0.1) is 0 Å². The zero-order valence-corrected chi connectivity index (χ0v) is 16.4. The van der Waals surface area contributed by atoms with Crippen molar-refractivity contribution in [1.82, 2.24) is 25.0 Å². The average molecular weight is 393 g/mol. The van der Waals surface area contributed by atoms with Crippen molar-refractivity contribution in [3.8, 4) is 5.88 Å². The predicted molar refractivity (Wildman–Crippen MR) is 104 cm³/mol. The van der Waals surface area contributed by atoms with Gasteiger partial charge in [0.05, 0.1) is 25.9 Å². The quantitative estimate of drug-likeness (QED) is 0.459. The molecule has 27 heavy (non-hydrogen) atoms. The molecule has 1 N–H and O–H groups in total. The normalized spacial score (nSPS) is 17.8. The standard InChI is InChI=1S/C18H25ClN6O2/c1-3-20-18(22-7-9-27-17-15(19)5-4-6-21-17)25-8-10-26-16(13-25)14-11-23-24(2)12-14/h4-6,11-12,16H,3,7-10,13H2,1-2H3,(H,20,22). The second-order valence-corrected chi connectivity index (χ2v) is 6.53. The molecule has 0 bridgehead atoms. The monoisotopic (exact) mass is 392 g/mol. The Morgan fingerprint density at radius 2 is 2.41 bits per heavy atom. The molecule has 9 heteroatoms. The molecule has 3 heterocycles. The van der Waals surface area contributed by atoms with E-state index in [0.717, 1.165) is 31.2 Å². The third kappa shape index (κ3) is 5.33. The third-order valence-electron chi connectivity index (χ3n) is 4.11. The summed E-state index contributed by atoms with van der Waals surface area (Å²) in [6.45, 7) is 5.91. The van der Waals surface area contributed by atoms with Crippen molar-refractivity contribution in [3.63, 3.8) is 0 Å². The van der Waals surface area contributed by atoms with Gasteiger partial charge in [0.15, 0.2) is 5.96 Å². The SMILES string of the molecule is CCNC(=NCCOc1ncccc1Cl)N1CCOC(c2cnn(C)c2)C1. The van der Waals surface area contributed by atoms with E-state index in [1.807, 2.05) is 19.4 Å². The number of nitrogens with zero attached hydrogens (tertiary/aromatic N) is 5. The number of halogens is 1. The molecule has 0 aromatic carbocycles. The third-order valence-corrected chi connectivity index (χ3v) is 4.40. The topological polar surface area (TPSA) is 76.8 Å². The van der Waals surface area contributed by atoms with Crippen molar-refractivity contribution >= 4 is 17.6 Å². The summed E-state index contributed by atoms with van der Waals surface area (Å²) in [7, 11) is 1.91. The largest absolute Gasteiger partial charge is 0.475 e. The van der Waals surface area contributed by atoms with Crippen molar-refractivity contribution in [1.29, 1.82) is 0 Å². The van der Waals surface area contributed by atoms with Crippen LogP contribution in [0.25, 0.3) is 0 Å². The molecule has 0 saturated carbocycles. The molecule has 1 saturated heterocycles. The van der Waals surface area contributed by atoms with Crippen LogP contribution in [0.5, 0.6) is 5.88 Å². The first-order valence-corrected chi connectivity index (χ1v) is 9.42. The van der Waals surface area contributed by atoms with E-state index >= 15 is 0 Å². The summed E-state index contributed by atoms with van der Waals surface area (Å²) in [5, 5.41) is 8.08. The van der Waals surface area contributed by atoms with Crippen LogP contribution in [0.1, 0.15) is 18.6 Å². The Hall–Kier alpha value is -2.32. The van der Waals surface area contributed by atoms with E-state index in [-0.39, 0.29) is 6.10 Å². The molecule has 1 atom stereocenters. The molecule has 1 fully saturated rings. The minimum absolute atomic E-state index is 0.0140. The highest BCUT2D eigenvalue weighted by Gasteiger charge is 2.25. The van der Waals surface area contributed by atoms with Crippen molar-refractivity contribution in [3.05, 3.63) is 41.3 Å². The highest BCUT2D eigenvalue weighted by atomic mass is 35.5. The second-order valence-electron chi connectivity index (χ2n) is 6.13. The molecular formula is C18H25ClN6O2. The molecule has 146 valence electrons. The maximum atomic E-state index is 6.05. The fourth-order valence-electron chi connectivity index (χ4n) is 2.85. The summed E-state index contributed by atoms with van der Waals surface area (Å²) in [6, 6.07) is 3.53. The van der Waals surface area contributed by atoms with Gasteiger partial charge in [0.1, 0.15) is 17.7 Å². The molecule has 1 aliphatic heterocycles. The number of pyridine rings is 1. The van der Waals surface area contributed by atoms with Crippen molar-refractivity contribution < 1.29 is 9.47 Å². The van der Waals surface area contributed by atoms with E-state index in [1.165, 1.54) is 0 Å². The number of hydrogen-bond acceptors (Lipinski definition) is 5. The van der Waals surface area contributed by atoms with Crippen molar-refractivity contribution in [2.75, 3.05) is 39.4 Å². The van der Waals surface area contributed by atoms with Gasteiger partial charge in [-0.1, -0.05) is 11.6 Å². The van der Waals surface area contributed by atoms with Crippen LogP contribution in [0.15, 0.2) is 35.7 Å². The lowest BCUT2D eigenvalue weighted by molar-refractivity contribution is -0.00805. The first-order valence-electron chi connectivity index (χ1n) is 9.04. The van der Waals surface area contributed by atoms with Crippen LogP contribution < -0.4 is 10.1 Å². The fraction of sp³-hybridized carbons (Fsp3) is 0.500. The van der Waals surface area contributed by atoms with E-state index in [2.05, 4.69) is 32.2 Å². The lowest BCUT2D eigenvalue weighted by Gasteiger charge is -2.34. The van der Waals surface area contributed by atoms with Crippen molar-refractivity contribution in [2.45, 2.75) is 13.0 Å². The van der Waals surface area contributed by atoms with Gasteiger partial charge in [0.25, 0.3) is 0 Å². The Balaban J connectivity index is 1.58. The molecule has 1 unspecified atom stereocenters. The lowest BCUT2D eigenvalue weighted by atomic mass is 10.1. The van der Waals surface area contributed by atoms with Gasteiger partial charge in [0, 0.05) is 38.1 Å². The maximum absolute atomic E-state index is 6.05. The van der Waals surface area contributed by atoms with E-state index in [0.29, 0.717) is 30.7 Å². The molecule has 8 nitrogen and oxygen atoms in total. The van der Waals surface area contributed by atoms with Gasteiger partial charge in [-0.3, -0.25) is 4.68 Å². The van der Waals surface area contributed by atoms with Gasteiger partial charge >= 0.3 is 0 Å². The smallest absolute Gasteiger partial charge is 0.232 e. The van der Waals surface area contributed by atoms with Crippen LogP contribution >= 0.6 is 11.6 Å². The van der Waals surface area contributed by atoms with E-state index in [9.17, 15) is 0 Å². The van der Waals surface area contributed by atoms with Crippen LogP contribution in [-0.4, -0.2) is 65.0 Å². The van der Waals surface area contributed by atoms with E-state index in [4.69, 9.17) is 21.1 Å². The summed E-state index contributed by atoms with van der Waals surface area (Å²) < 4.78 is 13.3. The maximum Gasteiger partial charge on any atom is 0.232 e. The zero-order valence-electron chi connectivity index (χ0n) is 15.6. The summed E-state index contributed by atoms with van der Waals surface area (Å²) in [6.07, 6.45) is 5.48. The number of hydrogen-bond donors (Lipinski definition) is 1. The molecule has 3 rings (SSSR count). The Labute approximate surface area is 164 Å². The number of morpholine rings is 1. The van der Waals surface area contributed by atoms with Gasteiger partial charge in [0.2, 0.25) is 5.88 Å². The lowest BCUT2D eigenvalue weighted by Crippen LogP contribution is -2.48. The van der Waals surface area contributed by atoms with Crippen LogP contribution in [-0.2, 0) is 11.8 Å². The second kappa shape index (κ2) is 9.57. The van der Waals surface area contributed by atoms with E-state index in [1.54, 1.807) is 23.0 Å². The number of aryl methyl sites for hydroxylation is 1. The molecule has 0 amide bonds. The number of rotatable bonds is 6. The van der Waals surface area contributed by atoms with Crippen LogP contribution in [0.4, 0.5) is 0 Å². The fourth-order valence-corrected chi connectivity index (χ4v) is 3.02. The van der Waals surface area contributed by atoms with Gasteiger partial charge < -0.3 is 19.7 Å². The van der Waals surface area contributed by atoms with Gasteiger partial charge in [-0.25, -0.2) is 9.98 Å². The number of aliphatic imine (C=N–C) groups is 1. The Morgan fingerprint density at radius 3 is 3.15 bits per heavy atom. The number of ether oxygens (including phenoxy) is 2. The molecule has 2 aromatic heterocycles. The Bertz CT molecular complexity index is 766.